The molecule has 0 saturated heterocycles. The minimum Gasteiger partial charge on any atom is -0.465 e. The number of carbonyl (C=O) groups is 3. The molecule has 2 aromatic carbocycles. The fourth-order valence-corrected chi connectivity index (χ4v) is 6.37. The van der Waals surface area contributed by atoms with Gasteiger partial charge in [0.25, 0.3) is 0 Å². The third-order valence-corrected chi connectivity index (χ3v) is 8.74. The van der Waals surface area contributed by atoms with Crippen molar-refractivity contribution >= 4 is 18.2 Å². The zero-order valence-corrected chi connectivity index (χ0v) is 27.1. The van der Waals surface area contributed by atoms with Crippen LogP contribution in [0.2, 0.25) is 0 Å². The Kier molecular flexibility index (Phi) is 8.25. The van der Waals surface area contributed by atoms with Crippen molar-refractivity contribution in [1.82, 2.24) is 9.80 Å². The van der Waals surface area contributed by atoms with E-state index < -0.39 is 11.2 Å². The number of esters is 1. The van der Waals surface area contributed by atoms with Gasteiger partial charge in [-0.25, -0.2) is 14.4 Å². The van der Waals surface area contributed by atoms with Crippen molar-refractivity contribution in [1.29, 1.82) is 0 Å². The standard InChI is InChI=1S/C18H23NO4.C17H23NO3/c1-17(2,3)23-16(21)19-10-13-9-12(15(20)22-4)5-6-14(13)18(11-19)7-8-18;1-16(2,3)21-15(20)18-9-13-8-12(10-19)4-5-14(13)17(11-18)6-7-17/h5-6,9H,7-8,10-11H2,1-4H3;4-5,8,19H,6-7,9-11H2,1-3H3. The second-order valence-corrected chi connectivity index (χ2v) is 14.7. The van der Waals surface area contributed by atoms with Gasteiger partial charge in [-0.3, -0.25) is 0 Å². The molecule has 2 heterocycles. The number of aliphatic hydroxyl groups excluding tert-OH is 1. The van der Waals surface area contributed by atoms with E-state index in [1.165, 1.54) is 18.2 Å². The number of rotatable bonds is 2. The van der Waals surface area contributed by atoms with E-state index in [1.807, 2.05) is 76.8 Å². The van der Waals surface area contributed by atoms with Crippen LogP contribution in [0.1, 0.15) is 105 Å². The highest BCUT2D eigenvalue weighted by atomic mass is 16.6. The van der Waals surface area contributed by atoms with Gasteiger partial charge in [-0.05, 0) is 107 Å². The Morgan fingerprint density at radius 2 is 1.20 bits per heavy atom. The van der Waals surface area contributed by atoms with Crippen LogP contribution in [0.5, 0.6) is 0 Å². The summed E-state index contributed by atoms with van der Waals surface area (Å²) in [5.41, 5.74) is 5.37. The summed E-state index contributed by atoms with van der Waals surface area (Å²) in [5, 5.41) is 9.31. The molecule has 238 valence electrons. The van der Waals surface area contributed by atoms with Crippen LogP contribution in [0.15, 0.2) is 36.4 Å². The van der Waals surface area contributed by atoms with Crippen LogP contribution in [-0.4, -0.2) is 64.5 Å². The van der Waals surface area contributed by atoms with Crippen LogP contribution in [-0.2, 0) is 44.7 Å². The van der Waals surface area contributed by atoms with E-state index in [4.69, 9.17) is 14.2 Å². The molecular formula is C35H46N2O7. The van der Waals surface area contributed by atoms with Crippen molar-refractivity contribution in [3.8, 4) is 0 Å². The second kappa shape index (κ2) is 11.4. The molecule has 0 atom stereocenters. The molecule has 2 aromatic rings. The van der Waals surface area contributed by atoms with Gasteiger partial charge in [-0.15, -0.1) is 0 Å². The molecule has 2 aliphatic heterocycles. The van der Waals surface area contributed by atoms with E-state index >= 15 is 0 Å². The second-order valence-electron chi connectivity index (χ2n) is 14.7. The summed E-state index contributed by atoms with van der Waals surface area (Å²) < 4.78 is 15.8. The van der Waals surface area contributed by atoms with Crippen LogP contribution in [0.4, 0.5) is 9.59 Å². The molecule has 6 rings (SSSR count). The number of amides is 2. The maximum Gasteiger partial charge on any atom is 0.410 e. The fraction of sp³-hybridized carbons (Fsp3) is 0.571. The van der Waals surface area contributed by atoms with E-state index in [1.54, 1.807) is 4.90 Å². The van der Waals surface area contributed by atoms with Crippen LogP contribution in [0, 0.1) is 0 Å². The molecule has 2 saturated carbocycles. The molecule has 0 radical (unpaired) electrons. The summed E-state index contributed by atoms with van der Waals surface area (Å²) in [4.78, 5) is 40.1. The molecule has 0 aromatic heterocycles. The zero-order chi connectivity index (χ0) is 32.1. The lowest BCUT2D eigenvalue weighted by Crippen LogP contribution is -2.44. The number of fused-ring (bicyclic) bond motifs is 4. The van der Waals surface area contributed by atoms with Gasteiger partial charge in [0.15, 0.2) is 0 Å². The van der Waals surface area contributed by atoms with Crippen molar-refractivity contribution in [3.63, 3.8) is 0 Å². The van der Waals surface area contributed by atoms with Crippen molar-refractivity contribution in [3.05, 3.63) is 69.8 Å². The molecular weight excluding hydrogens is 560 g/mol. The number of methoxy groups -OCH3 is 1. The van der Waals surface area contributed by atoms with Gasteiger partial charge < -0.3 is 29.1 Å². The molecule has 2 fully saturated rings. The van der Waals surface area contributed by atoms with Gasteiger partial charge in [0.2, 0.25) is 0 Å². The fourth-order valence-electron chi connectivity index (χ4n) is 6.37. The highest BCUT2D eigenvalue weighted by Crippen LogP contribution is 2.53. The molecule has 9 heteroatoms. The predicted molar refractivity (Wildman–Crippen MR) is 165 cm³/mol. The summed E-state index contributed by atoms with van der Waals surface area (Å²) in [6.07, 6.45) is 3.84. The first-order valence-corrected chi connectivity index (χ1v) is 15.5. The SMILES string of the molecule is CC(C)(C)OC(=O)N1Cc2cc(CO)ccc2C2(CC2)C1.COC(=O)c1ccc2c(c1)CN(C(=O)OC(C)(C)C)CC21CC1. The molecule has 2 spiro atoms. The van der Waals surface area contributed by atoms with E-state index in [0.29, 0.717) is 25.2 Å². The Labute approximate surface area is 260 Å². The van der Waals surface area contributed by atoms with Gasteiger partial charge in [-0.2, -0.15) is 0 Å². The smallest absolute Gasteiger partial charge is 0.410 e. The average molecular weight is 607 g/mol. The predicted octanol–water partition coefficient (Wildman–Crippen LogP) is 6.22. The summed E-state index contributed by atoms with van der Waals surface area (Å²) in [5.74, 6) is -0.355. The quantitative estimate of drug-likeness (QED) is 0.320. The number of carbonyl (C=O) groups excluding carboxylic acids is 3. The molecule has 0 unspecified atom stereocenters. The number of nitrogens with zero attached hydrogens (tertiary/aromatic N) is 2. The monoisotopic (exact) mass is 606 g/mol. The molecule has 2 aliphatic carbocycles. The Balaban J connectivity index is 0.000000175. The Bertz CT molecular complexity index is 1440. The van der Waals surface area contributed by atoms with E-state index in [2.05, 4.69) is 6.07 Å². The molecule has 44 heavy (non-hydrogen) atoms. The summed E-state index contributed by atoms with van der Waals surface area (Å²) in [6, 6.07) is 11.8. The third-order valence-electron chi connectivity index (χ3n) is 8.74. The maximum absolute atomic E-state index is 12.4. The number of ether oxygens (including phenoxy) is 3. The first-order chi connectivity index (χ1) is 20.6. The largest absolute Gasteiger partial charge is 0.465 e. The Morgan fingerprint density at radius 1 is 0.750 bits per heavy atom. The van der Waals surface area contributed by atoms with Crippen molar-refractivity contribution in [2.45, 2.75) is 109 Å². The highest BCUT2D eigenvalue weighted by molar-refractivity contribution is 5.89. The van der Waals surface area contributed by atoms with Crippen molar-refractivity contribution in [2.75, 3.05) is 20.2 Å². The Morgan fingerprint density at radius 3 is 1.61 bits per heavy atom. The molecule has 2 amide bonds. The minimum absolute atomic E-state index is 0.0344. The molecule has 1 N–H and O–H groups in total. The van der Waals surface area contributed by atoms with Gasteiger partial charge in [0.1, 0.15) is 11.2 Å². The van der Waals surface area contributed by atoms with Gasteiger partial charge in [0.05, 0.1) is 19.3 Å². The zero-order valence-electron chi connectivity index (χ0n) is 27.1. The van der Waals surface area contributed by atoms with Gasteiger partial charge in [-0.1, -0.05) is 24.3 Å². The normalized spacial score (nSPS) is 18.8. The van der Waals surface area contributed by atoms with Crippen molar-refractivity contribution < 1.29 is 33.7 Å². The lowest BCUT2D eigenvalue weighted by atomic mass is 9.86. The lowest BCUT2D eigenvalue weighted by molar-refractivity contribution is 0.0187. The minimum atomic E-state index is -0.512. The summed E-state index contributed by atoms with van der Waals surface area (Å²) in [7, 11) is 1.37. The van der Waals surface area contributed by atoms with Crippen LogP contribution >= 0.6 is 0 Å². The van der Waals surface area contributed by atoms with Crippen LogP contribution in [0.25, 0.3) is 0 Å². The first-order valence-electron chi connectivity index (χ1n) is 15.5. The van der Waals surface area contributed by atoms with Crippen LogP contribution < -0.4 is 0 Å². The van der Waals surface area contributed by atoms with Crippen molar-refractivity contribution in [2.24, 2.45) is 0 Å². The topological polar surface area (TPSA) is 106 Å². The third kappa shape index (κ3) is 6.88. The van der Waals surface area contributed by atoms with Crippen LogP contribution in [0.3, 0.4) is 0 Å². The van der Waals surface area contributed by atoms with E-state index in [-0.39, 0.29) is 35.6 Å². The summed E-state index contributed by atoms with van der Waals surface area (Å²) >= 11 is 0. The average Bonchev–Trinajstić information content (AvgIpc) is 3.89. The number of hydrogen-bond acceptors (Lipinski definition) is 7. The highest BCUT2D eigenvalue weighted by Gasteiger charge is 2.51. The number of hydrogen-bond donors (Lipinski definition) is 1. The maximum atomic E-state index is 12.4. The number of benzene rings is 2. The first kappa shape index (κ1) is 31.8. The number of aliphatic hydroxyl groups is 1. The molecule has 9 nitrogen and oxygen atoms in total. The summed E-state index contributed by atoms with van der Waals surface area (Å²) in [6.45, 7) is 13.8. The van der Waals surface area contributed by atoms with E-state index in [0.717, 1.165) is 48.9 Å². The molecule has 0 bridgehead atoms. The van der Waals surface area contributed by atoms with E-state index in [9.17, 15) is 19.5 Å². The van der Waals surface area contributed by atoms with Gasteiger partial charge in [0, 0.05) is 37.0 Å². The Hall–Kier alpha value is -3.59. The molecule has 4 aliphatic rings. The van der Waals surface area contributed by atoms with Gasteiger partial charge >= 0.3 is 18.2 Å². The lowest BCUT2D eigenvalue weighted by Gasteiger charge is -2.36.